The smallest absolute Gasteiger partial charge is 0.187 e. The molecule has 57 heavy (non-hydrogen) atoms. The molecule has 1 saturated heterocycles. The van der Waals surface area contributed by atoms with Crippen LogP contribution in [0.2, 0.25) is 0 Å². The van der Waals surface area contributed by atoms with Gasteiger partial charge >= 0.3 is 0 Å². The number of benzene rings is 6. The highest BCUT2D eigenvalue weighted by Crippen LogP contribution is 2.42. The molecule has 1 fully saturated rings. The quantitative estimate of drug-likeness (QED) is 0.0806. The van der Waals surface area contributed by atoms with E-state index in [0.717, 1.165) is 33.4 Å². The zero-order valence-electron chi connectivity index (χ0n) is 31.9. The zero-order chi connectivity index (χ0) is 39.1. The monoisotopic (exact) mass is 766 g/mol. The van der Waals surface area contributed by atoms with Gasteiger partial charge in [0.25, 0.3) is 0 Å². The van der Waals surface area contributed by atoms with Crippen molar-refractivity contribution in [2.75, 3.05) is 19.8 Å². The molecule has 6 atom stereocenters. The summed E-state index contributed by atoms with van der Waals surface area (Å²) in [6.45, 7) is 0.175. The van der Waals surface area contributed by atoms with Crippen molar-refractivity contribution in [2.24, 2.45) is 0 Å². The Labute approximate surface area is 335 Å². The van der Waals surface area contributed by atoms with Gasteiger partial charge in [-0.05, 0) is 33.4 Å². The molecular weight excluding hydrogens is 717 g/mol. The summed E-state index contributed by atoms with van der Waals surface area (Å²) in [6.07, 6.45) is -5.15. The molecule has 0 bridgehead atoms. The Balaban J connectivity index is 1.30. The van der Waals surface area contributed by atoms with Crippen LogP contribution in [0.3, 0.4) is 0 Å². The van der Waals surface area contributed by atoms with Crippen molar-refractivity contribution in [1.82, 2.24) is 0 Å². The fraction of sp³-hybridized carbons (Fsp3) is 0.265. The molecule has 6 aromatic carbocycles. The van der Waals surface area contributed by atoms with Crippen LogP contribution in [-0.4, -0.2) is 66.8 Å². The molecule has 0 aromatic heterocycles. The number of aliphatic hydroxyl groups is 2. The largest absolute Gasteiger partial charge is 0.394 e. The average Bonchev–Trinajstić information content (AvgIpc) is 3.28. The van der Waals surface area contributed by atoms with Gasteiger partial charge in [0, 0.05) is 0 Å². The van der Waals surface area contributed by atoms with Gasteiger partial charge in [-0.2, -0.15) is 0 Å². The predicted molar refractivity (Wildman–Crippen MR) is 218 cm³/mol. The molecule has 0 radical (unpaired) electrons. The minimum absolute atomic E-state index is 0.0527. The highest BCUT2D eigenvalue weighted by atomic mass is 16.7. The summed E-state index contributed by atoms with van der Waals surface area (Å²) >= 11 is 0. The Bertz CT molecular complexity index is 1910. The van der Waals surface area contributed by atoms with Gasteiger partial charge in [-0.25, -0.2) is 0 Å². The summed E-state index contributed by atoms with van der Waals surface area (Å²) in [5.41, 5.74) is 4.71. The van der Waals surface area contributed by atoms with Crippen LogP contribution in [0.25, 0.3) is 0 Å². The highest BCUT2D eigenvalue weighted by Gasteiger charge is 2.50. The maximum Gasteiger partial charge on any atom is 0.187 e. The summed E-state index contributed by atoms with van der Waals surface area (Å²) in [5, 5.41) is 20.2. The standard InChI is InChI=1S/C49H50O8/c50-31-43(51)35-55-48-47(54-34-39-23-11-3-12-24-39)46(53-33-38-21-9-2-10-22-38)45(52-32-37-19-7-1-8-20-37)44(57-48)36-56-49(40-25-13-4-14-26-40,41-27-15-5-16-28-41)42-29-17-6-18-30-42/h1-30,43-48,50-51H,31-36H2/t43?,44-,45-,46+,47-,48?/m1/s1. The number of rotatable bonds is 19. The minimum atomic E-state index is -1.13. The third kappa shape index (κ3) is 10.3. The molecular formula is C49H50O8. The van der Waals surface area contributed by atoms with Gasteiger partial charge in [0.05, 0.1) is 39.6 Å². The molecule has 1 aliphatic heterocycles. The van der Waals surface area contributed by atoms with Crippen LogP contribution in [0.4, 0.5) is 0 Å². The average molecular weight is 767 g/mol. The third-order valence-corrected chi connectivity index (χ3v) is 10.1. The van der Waals surface area contributed by atoms with Crippen molar-refractivity contribution < 1.29 is 38.6 Å². The van der Waals surface area contributed by atoms with Gasteiger partial charge in [0.1, 0.15) is 36.1 Å². The van der Waals surface area contributed by atoms with Crippen molar-refractivity contribution in [3.05, 3.63) is 215 Å². The van der Waals surface area contributed by atoms with E-state index in [1.807, 2.05) is 146 Å². The lowest BCUT2D eigenvalue weighted by Crippen LogP contribution is -2.62. The van der Waals surface area contributed by atoms with Crippen molar-refractivity contribution in [2.45, 2.75) is 62.2 Å². The van der Waals surface area contributed by atoms with Crippen LogP contribution >= 0.6 is 0 Å². The minimum Gasteiger partial charge on any atom is -0.394 e. The lowest BCUT2D eigenvalue weighted by atomic mass is 9.80. The molecule has 2 unspecified atom stereocenters. The van der Waals surface area contributed by atoms with E-state index >= 15 is 0 Å². The van der Waals surface area contributed by atoms with Crippen LogP contribution in [0.5, 0.6) is 0 Å². The lowest BCUT2D eigenvalue weighted by Gasteiger charge is -2.47. The first-order chi connectivity index (χ1) is 28.1. The van der Waals surface area contributed by atoms with Crippen LogP contribution in [-0.2, 0) is 53.8 Å². The molecule has 294 valence electrons. The van der Waals surface area contributed by atoms with Gasteiger partial charge in [-0.3, -0.25) is 0 Å². The topological polar surface area (TPSA) is 95.8 Å². The number of aliphatic hydroxyl groups excluding tert-OH is 2. The first-order valence-corrected chi connectivity index (χ1v) is 19.5. The lowest BCUT2D eigenvalue weighted by molar-refractivity contribution is -0.332. The molecule has 1 heterocycles. The Morgan fingerprint density at radius 3 is 1.25 bits per heavy atom. The molecule has 0 spiro atoms. The Morgan fingerprint density at radius 2 is 0.842 bits per heavy atom. The molecule has 2 N–H and O–H groups in total. The summed E-state index contributed by atoms with van der Waals surface area (Å²) in [4.78, 5) is 0. The SMILES string of the molecule is OCC(O)COC1O[C@H](COC(c2ccccc2)(c2ccccc2)c2ccccc2)[C@@H](OCc2ccccc2)[C@H](OCc2ccccc2)[C@H]1OCc1ccccc1. The molecule has 6 aromatic rings. The molecule has 7 rings (SSSR count). The second-order valence-electron chi connectivity index (χ2n) is 14.1. The van der Waals surface area contributed by atoms with E-state index < -0.39 is 49.0 Å². The second kappa shape index (κ2) is 20.4. The van der Waals surface area contributed by atoms with Crippen molar-refractivity contribution >= 4 is 0 Å². The van der Waals surface area contributed by atoms with Gasteiger partial charge in [-0.1, -0.05) is 182 Å². The highest BCUT2D eigenvalue weighted by molar-refractivity contribution is 5.47. The fourth-order valence-electron chi connectivity index (χ4n) is 7.25. The number of ether oxygens (including phenoxy) is 6. The van der Waals surface area contributed by atoms with E-state index in [4.69, 9.17) is 28.4 Å². The normalized spacial score (nSPS) is 20.2. The maximum atomic E-state index is 10.5. The zero-order valence-corrected chi connectivity index (χ0v) is 31.9. The number of hydrogen-bond acceptors (Lipinski definition) is 8. The predicted octanol–water partition coefficient (Wildman–Crippen LogP) is 7.85. The summed E-state index contributed by atoms with van der Waals surface area (Å²) in [6, 6.07) is 60.3. The summed E-state index contributed by atoms with van der Waals surface area (Å²) < 4.78 is 41.0. The van der Waals surface area contributed by atoms with Crippen LogP contribution in [0, 0.1) is 0 Å². The summed E-state index contributed by atoms with van der Waals surface area (Å²) in [5.74, 6) is 0. The fourth-order valence-corrected chi connectivity index (χ4v) is 7.25. The maximum absolute atomic E-state index is 10.5. The third-order valence-electron chi connectivity index (χ3n) is 10.1. The van der Waals surface area contributed by atoms with Crippen LogP contribution in [0.15, 0.2) is 182 Å². The van der Waals surface area contributed by atoms with Gasteiger partial charge in [0.15, 0.2) is 6.29 Å². The second-order valence-corrected chi connectivity index (χ2v) is 14.1. The van der Waals surface area contributed by atoms with Crippen molar-refractivity contribution in [3.63, 3.8) is 0 Å². The van der Waals surface area contributed by atoms with E-state index in [9.17, 15) is 10.2 Å². The van der Waals surface area contributed by atoms with Gasteiger partial charge in [0.2, 0.25) is 0 Å². The molecule has 0 aliphatic carbocycles. The van der Waals surface area contributed by atoms with E-state index in [0.29, 0.717) is 0 Å². The molecule has 1 aliphatic rings. The van der Waals surface area contributed by atoms with Gasteiger partial charge < -0.3 is 38.6 Å². The molecule has 8 nitrogen and oxygen atoms in total. The Morgan fingerprint density at radius 1 is 0.474 bits per heavy atom. The molecule has 8 heteroatoms. The van der Waals surface area contributed by atoms with E-state index in [1.165, 1.54) is 0 Å². The molecule has 0 amide bonds. The Kier molecular flexibility index (Phi) is 14.4. The first kappa shape index (κ1) is 40.2. The van der Waals surface area contributed by atoms with Crippen molar-refractivity contribution in [1.29, 1.82) is 0 Å². The van der Waals surface area contributed by atoms with E-state index in [2.05, 4.69) is 36.4 Å². The van der Waals surface area contributed by atoms with Crippen molar-refractivity contribution in [3.8, 4) is 0 Å². The van der Waals surface area contributed by atoms with E-state index in [1.54, 1.807) is 0 Å². The molecule has 0 saturated carbocycles. The first-order valence-electron chi connectivity index (χ1n) is 19.5. The summed E-state index contributed by atoms with van der Waals surface area (Å²) in [7, 11) is 0. The van der Waals surface area contributed by atoms with Crippen LogP contribution < -0.4 is 0 Å². The Hall–Kier alpha value is -5.00. The van der Waals surface area contributed by atoms with Gasteiger partial charge in [-0.15, -0.1) is 0 Å². The number of hydrogen-bond donors (Lipinski definition) is 2. The van der Waals surface area contributed by atoms with Crippen LogP contribution in [0.1, 0.15) is 33.4 Å². The van der Waals surface area contributed by atoms with E-state index in [-0.39, 0.29) is 33.0 Å².